The van der Waals surface area contributed by atoms with Gasteiger partial charge in [-0.05, 0) is 31.1 Å². The molecular weight excluding hydrogens is 338 g/mol. The molecule has 0 atom stereocenters. The molecular formula is C21H27N5O. The molecule has 6 nitrogen and oxygen atoms in total. The molecule has 142 valence electrons. The van der Waals surface area contributed by atoms with Gasteiger partial charge in [-0.1, -0.05) is 24.3 Å². The topological polar surface area (TPSA) is 52.6 Å². The number of aryl methyl sites for hydroxylation is 2. The second kappa shape index (κ2) is 8.20. The Hall–Kier alpha value is -2.89. The first-order valence-electron chi connectivity index (χ1n) is 9.24. The van der Waals surface area contributed by atoms with Gasteiger partial charge < -0.3 is 14.7 Å². The normalized spacial score (nSPS) is 14.7. The van der Waals surface area contributed by atoms with Crippen LogP contribution in [0.1, 0.15) is 17.0 Å². The van der Waals surface area contributed by atoms with Crippen LogP contribution in [0.2, 0.25) is 0 Å². The summed E-state index contributed by atoms with van der Waals surface area (Å²) in [7, 11) is 3.95. The molecule has 2 heterocycles. The maximum absolute atomic E-state index is 12.5. The molecule has 1 aromatic carbocycles. The fourth-order valence-electron chi connectivity index (χ4n) is 3.12. The van der Waals surface area contributed by atoms with Crippen molar-refractivity contribution < 1.29 is 4.79 Å². The Labute approximate surface area is 161 Å². The van der Waals surface area contributed by atoms with Crippen LogP contribution in [0, 0.1) is 13.8 Å². The van der Waals surface area contributed by atoms with Crippen LogP contribution in [0.3, 0.4) is 0 Å². The second-order valence-corrected chi connectivity index (χ2v) is 7.03. The van der Waals surface area contributed by atoms with E-state index in [0.717, 1.165) is 36.1 Å². The lowest BCUT2D eigenvalue weighted by atomic mass is 10.1. The van der Waals surface area contributed by atoms with E-state index < -0.39 is 0 Å². The number of anilines is 2. The molecule has 1 amide bonds. The standard InChI is InChI=1S/C21H27N5O/c1-16-7-5-6-8-18(16)9-10-21(27)26-13-11-25(12-14-26)20-15-19(24(3)4)22-17(2)23-20/h5-10,15H,11-14H2,1-4H3/b10-9+. The van der Waals surface area contributed by atoms with Crippen LogP contribution >= 0.6 is 0 Å². The molecule has 1 aliphatic heterocycles. The third kappa shape index (κ3) is 4.64. The molecule has 2 aromatic rings. The second-order valence-electron chi connectivity index (χ2n) is 7.03. The summed E-state index contributed by atoms with van der Waals surface area (Å²) < 4.78 is 0. The molecule has 0 saturated carbocycles. The van der Waals surface area contributed by atoms with Crippen LogP contribution in [-0.4, -0.2) is 61.0 Å². The summed E-state index contributed by atoms with van der Waals surface area (Å²) in [5.41, 5.74) is 2.25. The van der Waals surface area contributed by atoms with E-state index in [1.807, 2.05) is 61.2 Å². The predicted octanol–water partition coefficient (Wildman–Crippen LogP) is 2.52. The van der Waals surface area contributed by atoms with E-state index in [2.05, 4.69) is 27.9 Å². The summed E-state index contributed by atoms with van der Waals surface area (Å²) >= 11 is 0. The average molecular weight is 365 g/mol. The maximum atomic E-state index is 12.5. The molecule has 0 spiro atoms. The summed E-state index contributed by atoms with van der Waals surface area (Å²) in [6.45, 7) is 6.89. The molecule has 1 aromatic heterocycles. The highest BCUT2D eigenvalue weighted by Gasteiger charge is 2.21. The fourth-order valence-corrected chi connectivity index (χ4v) is 3.12. The van der Waals surface area contributed by atoms with E-state index in [-0.39, 0.29) is 5.91 Å². The number of hydrogen-bond donors (Lipinski definition) is 0. The summed E-state index contributed by atoms with van der Waals surface area (Å²) in [6.07, 6.45) is 3.58. The van der Waals surface area contributed by atoms with Gasteiger partial charge in [-0.25, -0.2) is 9.97 Å². The largest absolute Gasteiger partial charge is 0.363 e. The highest BCUT2D eigenvalue weighted by molar-refractivity contribution is 5.92. The predicted molar refractivity (Wildman–Crippen MR) is 110 cm³/mol. The minimum absolute atomic E-state index is 0.0609. The Morgan fingerprint density at radius 2 is 1.78 bits per heavy atom. The first-order chi connectivity index (χ1) is 12.9. The van der Waals surface area contributed by atoms with Crippen molar-refractivity contribution in [2.75, 3.05) is 50.1 Å². The first kappa shape index (κ1) is 18.9. The monoisotopic (exact) mass is 365 g/mol. The van der Waals surface area contributed by atoms with Gasteiger partial charge >= 0.3 is 0 Å². The zero-order valence-electron chi connectivity index (χ0n) is 16.5. The van der Waals surface area contributed by atoms with E-state index in [1.165, 1.54) is 5.56 Å². The quantitative estimate of drug-likeness (QED) is 0.780. The number of rotatable bonds is 4. The minimum Gasteiger partial charge on any atom is -0.363 e. The van der Waals surface area contributed by atoms with Gasteiger partial charge in [0.15, 0.2) is 0 Å². The van der Waals surface area contributed by atoms with Gasteiger partial charge in [-0.2, -0.15) is 0 Å². The number of hydrogen-bond acceptors (Lipinski definition) is 5. The molecule has 0 aliphatic carbocycles. The summed E-state index contributed by atoms with van der Waals surface area (Å²) in [5.74, 6) is 2.65. The van der Waals surface area contributed by atoms with Crippen molar-refractivity contribution in [3.05, 3.63) is 53.4 Å². The van der Waals surface area contributed by atoms with Gasteiger partial charge in [0, 0.05) is 52.4 Å². The van der Waals surface area contributed by atoms with Crippen molar-refractivity contribution in [1.82, 2.24) is 14.9 Å². The molecule has 1 aliphatic rings. The third-order valence-electron chi connectivity index (χ3n) is 4.78. The van der Waals surface area contributed by atoms with Crippen molar-refractivity contribution in [2.45, 2.75) is 13.8 Å². The molecule has 0 radical (unpaired) electrons. The summed E-state index contributed by atoms with van der Waals surface area (Å²) in [5, 5.41) is 0. The number of nitrogens with zero attached hydrogens (tertiary/aromatic N) is 5. The summed E-state index contributed by atoms with van der Waals surface area (Å²) in [4.78, 5) is 27.6. The number of carbonyl (C=O) groups is 1. The van der Waals surface area contributed by atoms with Crippen LogP contribution in [0.25, 0.3) is 6.08 Å². The summed E-state index contributed by atoms with van der Waals surface area (Å²) in [6, 6.07) is 10.1. The van der Waals surface area contributed by atoms with Crippen molar-refractivity contribution >= 4 is 23.6 Å². The van der Waals surface area contributed by atoms with Gasteiger partial charge in [0.05, 0.1) is 0 Å². The zero-order valence-corrected chi connectivity index (χ0v) is 16.5. The molecule has 1 fully saturated rings. The molecule has 0 unspecified atom stereocenters. The van der Waals surface area contributed by atoms with E-state index in [0.29, 0.717) is 13.1 Å². The molecule has 3 rings (SSSR count). The van der Waals surface area contributed by atoms with Gasteiger partial charge in [-0.3, -0.25) is 4.79 Å². The number of benzene rings is 1. The van der Waals surface area contributed by atoms with Gasteiger partial charge in [0.25, 0.3) is 0 Å². The van der Waals surface area contributed by atoms with Gasteiger partial charge in [0.1, 0.15) is 17.5 Å². The Bertz CT molecular complexity index is 838. The smallest absolute Gasteiger partial charge is 0.246 e. The van der Waals surface area contributed by atoms with E-state index in [9.17, 15) is 4.79 Å². The molecule has 1 saturated heterocycles. The number of piperazine rings is 1. The van der Waals surface area contributed by atoms with E-state index in [1.54, 1.807) is 6.08 Å². The Kier molecular flexibility index (Phi) is 5.74. The van der Waals surface area contributed by atoms with Crippen LogP contribution in [0.5, 0.6) is 0 Å². The van der Waals surface area contributed by atoms with Crippen molar-refractivity contribution in [1.29, 1.82) is 0 Å². The van der Waals surface area contributed by atoms with Crippen LogP contribution < -0.4 is 9.80 Å². The van der Waals surface area contributed by atoms with E-state index >= 15 is 0 Å². The molecule has 0 bridgehead atoms. The third-order valence-corrected chi connectivity index (χ3v) is 4.78. The van der Waals surface area contributed by atoms with Crippen LogP contribution in [-0.2, 0) is 4.79 Å². The Balaban J connectivity index is 1.62. The fraction of sp³-hybridized carbons (Fsp3) is 0.381. The zero-order chi connectivity index (χ0) is 19.4. The van der Waals surface area contributed by atoms with E-state index in [4.69, 9.17) is 0 Å². The maximum Gasteiger partial charge on any atom is 0.246 e. The SMILES string of the molecule is Cc1nc(N(C)C)cc(N2CCN(C(=O)/C=C/c3ccccc3C)CC2)n1. The van der Waals surface area contributed by atoms with Crippen molar-refractivity contribution in [3.63, 3.8) is 0 Å². The molecule has 27 heavy (non-hydrogen) atoms. The van der Waals surface area contributed by atoms with Gasteiger partial charge in [0.2, 0.25) is 5.91 Å². The number of carbonyl (C=O) groups excluding carboxylic acids is 1. The molecule has 0 N–H and O–H groups in total. The highest BCUT2D eigenvalue weighted by Crippen LogP contribution is 2.19. The number of amides is 1. The Morgan fingerprint density at radius 1 is 1.07 bits per heavy atom. The van der Waals surface area contributed by atoms with Crippen LogP contribution in [0.15, 0.2) is 36.4 Å². The Morgan fingerprint density at radius 3 is 2.44 bits per heavy atom. The van der Waals surface area contributed by atoms with Gasteiger partial charge in [-0.15, -0.1) is 0 Å². The van der Waals surface area contributed by atoms with Crippen molar-refractivity contribution in [2.24, 2.45) is 0 Å². The van der Waals surface area contributed by atoms with Crippen molar-refractivity contribution in [3.8, 4) is 0 Å². The lowest BCUT2D eigenvalue weighted by Gasteiger charge is -2.35. The first-order valence-corrected chi connectivity index (χ1v) is 9.24. The molecule has 6 heteroatoms. The minimum atomic E-state index is 0.0609. The highest BCUT2D eigenvalue weighted by atomic mass is 16.2. The average Bonchev–Trinajstić information content (AvgIpc) is 2.66. The number of aromatic nitrogens is 2. The lowest BCUT2D eigenvalue weighted by Crippen LogP contribution is -2.48. The lowest BCUT2D eigenvalue weighted by molar-refractivity contribution is -0.126. The van der Waals surface area contributed by atoms with Crippen LogP contribution in [0.4, 0.5) is 11.6 Å².